The van der Waals surface area contributed by atoms with Crippen molar-refractivity contribution in [2.75, 3.05) is 5.32 Å². The molecule has 100 valence electrons. The van der Waals surface area contributed by atoms with Gasteiger partial charge in [-0.25, -0.2) is 0 Å². The first kappa shape index (κ1) is 14.4. The minimum atomic E-state index is 0.174. The normalized spacial score (nSPS) is 12.2. The molecule has 3 heteroatoms. The minimum Gasteiger partial charge on any atom is -0.378 e. The lowest BCUT2D eigenvalue weighted by atomic mass is 10.1. The third-order valence-corrected chi connectivity index (χ3v) is 3.99. The molecule has 2 aromatic carbocycles. The first-order valence-corrected chi connectivity index (χ1v) is 7.57. The van der Waals surface area contributed by atoms with Crippen LogP contribution in [-0.4, -0.2) is 0 Å². The van der Waals surface area contributed by atoms with E-state index in [4.69, 9.17) is 11.6 Å². The molecule has 0 bridgehead atoms. The van der Waals surface area contributed by atoms with Gasteiger partial charge in [0, 0.05) is 21.2 Å². The molecule has 1 atom stereocenters. The van der Waals surface area contributed by atoms with Crippen molar-refractivity contribution >= 4 is 33.2 Å². The van der Waals surface area contributed by atoms with Gasteiger partial charge >= 0.3 is 0 Å². The largest absolute Gasteiger partial charge is 0.378 e. The minimum absolute atomic E-state index is 0.174. The number of hydrogen-bond acceptors (Lipinski definition) is 1. The first-order chi connectivity index (χ1) is 9.10. The van der Waals surface area contributed by atoms with Crippen LogP contribution in [0, 0.1) is 0 Å². The Kier molecular flexibility index (Phi) is 4.89. The fourth-order valence-corrected chi connectivity index (χ4v) is 2.85. The molecule has 2 aromatic rings. The van der Waals surface area contributed by atoms with E-state index < -0.39 is 0 Å². The first-order valence-electron chi connectivity index (χ1n) is 6.40. The quantitative estimate of drug-likeness (QED) is 0.738. The van der Waals surface area contributed by atoms with Crippen LogP contribution in [0.25, 0.3) is 0 Å². The van der Waals surface area contributed by atoms with Gasteiger partial charge in [0.2, 0.25) is 0 Å². The molecule has 0 aliphatic carbocycles. The fourth-order valence-electron chi connectivity index (χ4n) is 2.02. The molecule has 0 aromatic heterocycles. The highest BCUT2D eigenvalue weighted by Gasteiger charge is 2.09. The molecule has 0 heterocycles. The Hall–Kier alpha value is -0.990. The fraction of sp³-hybridized carbons (Fsp3) is 0.250. The molecular formula is C16H17BrClN. The lowest BCUT2D eigenvalue weighted by Gasteiger charge is -2.17. The molecule has 0 spiro atoms. The Bertz CT molecular complexity index is 551. The van der Waals surface area contributed by atoms with Gasteiger partial charge in [-0.15, -0.1) is 0 Å². The van der Waals surface area contributed by atoms with Gasteiger partial charge in [0.15, 0.2) is 0 Å². The Labute approximate surface area is 128 Å². The highest BCUT2D eigenvalue weighted by molar-refractivity contribution is 9.10. The number of anilines is 1. The zero-order valence-corrected chi connectivity index (χ0v) is 13.4. The number of nitrogens with one attached hydrogen (secondary N) is 1. The van der Waals surface area contributed by atoms with Crippen molar-refractivity contribution in [3.05, 3.63) is 63.1 Å². The van der Waals surface area contributed by atoms with Crippen molar-refractivity contribution in [2.24, 2.45) is 0 Å². The Morgan fingerprint density at radius 1 is 1.16 bits per heavy atom. The molecule has 1 N–H and O–H groups in total. The molecule has 0 aliphatic rings. The molecule has 0 saturated carbocycles. The second-order valence-electron chi connectivity index (χ2n) is 4.58. The Morgan fingerprint density at radius 2 is 1.84 bits per heavy atom. The maximum absolute atomic E-state index is 6.27. The number of rotatable bonds is 4. The summed E-state index contributed by atoms with van der Waals surface area (Å²) in [5, 5.41) is 4.25. The van der Waals surface area contributed by atoms with Crippen LogP contribution in [0.5, 0.6) is 0 Å². The third kappa shape index (κ3) is 3.74. The van der Waals surface area contributed by atoms with E-state index in [9.17, 15) is 0 Å². The zero-order chi connectivity index (χ0) is 13.8. The third-order valence-electron chi connectivity index (χ3n) is 3.17. The predicted molar refractivity (Wildman–Crippen MR) is 87.0 cm³/mol. The van der Waals surface area contributed by atoms with Crippen LogP contribution in [0.1, 0.15) is 31.0 Å². The van der Waals surface area contributed by atoms with Crippen LogP contribution in [0.4, 0.5) is 5.69 Å². The van der Waals surface area contributed by atoms with E-state index in [0.717, 1.165) is 27.2 Å². The Morgan fingerprint density at radius 3 is 2.42 bits per heavy atom. The van der Waals surface area contributed by atoms with Crippen molar-refractivity contribution in [1.82, 2.24) is 0 Å². The summed E-state index contributed by atoms with van der Waals surface area (Å²) < 4.78 is 1.00. The topological polar surface area (TPSA) is 12.0 Å². The van der Waals surface area contributed by atoms with Crippen molar-refractivity contribution in [2.45, 2.75) is 26.3 Å². The van der Waals surface area contributed by atoms with E-state index >= 15 is 0 Å². The van der Waals surface area contributed by atoms with Gasteiger partial charge in [0.25, 0.3) is 0 Å². The highest BCUT2D eigenvalue weighted by atomic mass is 79.9. The molecule has 0 saturated heterocycles. The maximum atomic E-state index is 6.27. The molecule has 0 fully saturated rings. The summed E-state index contributed by atoms with van der Waals surface area (Å²) in [4.78, 5) is 0. The summed E-state index contributed by atoms with van der Waals surface area (Å²) in [5.74, 6) is 0. The summed E-state index contributed by atoms with van der Waals surface area (Å²) in [5.41, 5.74) is 3.56. The second kappa shape index (κ2) is 6.44. The van der Waals surface area contributed by atoms with Crippen molar-refractivity contribution in [1.29, 1.82) is 0 Å². The molecule has 2 rings (SSSR count). The molecule has 0 radical (unpaired) electrons. The number of aryl methyl sites for hydroxylation is 1. The lowest BCUT2D eigenvalue weighted by molar-refractivity contribution is 0.884. The van der Waals surface area contributed by atoms with Crippen LogP contribution >= 0.6 is 27.5 Å². The number of hydrogen-bond donors (Lipinski definition) is 1. The van der Waals surface area contributed by atoms with Gasteiger partial charge in [0.1, 0.15) is 0 Å². The highest BCUT2D eigenvalue weighted by Crippen LogP contribution is 2.28. The van der Waals surface area contributed by atoms with Crippen molar-refractivity contribution < 1.29 is 0 Å². The SMILES string of the molecule is CCc1ccc(NC(C)c2ccc(Br)cc2Cl)cc1. The van der Waals surface area contributed by atoms with Gasteiger partial charge in [-0.1, -0.05) is 52.7 Å². The molecular weight excluding hydrogens is 322 g/mol. The summed E-state index contributed by atoms with van der Waals surface area (Å²) >= 11 is 9.69. The van der Waals surface area contributed by atoms with Crippen LogP contribution in [0.3, 0.4) is 0 Å². The van der Waals surface area contributed by atoms with E-state index in [1.165, 1.54) is 5.56 Å². The van der Waals surface area contributed by atoms with Gasteiger partial charge in [-0.3, -0.25) is 0 Å². The molecule has 1 unspecified atom stereocenters. The van der Waals surface area contributed by atoms with E-state index in [2.05, 4.69) is 59.4 Å². The van der Waals surface area contributed by atoms with Crippen molar-refractivity contribution in [3.63, 3.8) is 0 Å². The standard InChI is InChI=1S/C16H17BrClN/c1-3-12-4-7-14(8-5-12)19-11(2)15-9-6-13(17)10-16(15)18/h4-11,19H,3H2,1-2H3. The van der Waals surface area contributed by atoms with E-state index in [-0.39, 0.29) is 6.04 Å². The van der Waals surface area contributed by atoms with Gasteiger partial charge in [-0.05, 0) is 48.7 Å². The van der Waals surface area contributed by atoms with Crippen LogP contribution in [0.15, 0.2) is 46.9 Å². The summed E-state index contributed by atoms with van der Waals surface area (Å²) in [7, 11) is 0. The van der Waals surface area contributed by atoms with Gasteiger partial charge in [-0.2, -0.15) is 0 Å². The predicted octanol–water partition coefficient (Wildman–Crippen LogP) is 5.84. The van der Waals surface area contributed by atoms with E-state index in [0.29, 0.717) is 0 Å². The summed E-state index contributed by atoms with van der Waals surface area (Å²) in [6.07, 6.45) is 1.06. The molecule has 0 amide bonds. The number of halogens is 2. The maximum Gasteiger partial charge on any atom is 0.0500 e. The summed E-state index contributed by atoms with van der Waals surface area (Å²) in [6, 6.07) is 14.7. The van der Waals surface area contributed by atoms with Crippen molar-refractivity contribution in [3.8, 4) is 0 Å². The molecule has 19 heavy (non-hydrogen) atoms. The lowest BCUT2D eigenvalue weighted by Crippen LogP contribution is -2.07. The zero-order valence-electron chi connectivity index (χ0n) is 11.1. The average molecular weight is 339 g/mol. The smallest absolute Gasteiger partial charge is 0.0500 e. The van der Waals surface area contributed by atoms with E-state index in [1.807, 2.05) is 18.2 Å². The Balaban J connectivity index is 2.13. The summed E-state index contributed by atoms with van der Waals surface area (Å²) in [6.45, 7) is 4.27. The van der Waals surface area contributed by atoms with E-state index in [1.54, 1.807) is 0 Å². The monoisotopic (exact) mass is 337 g/mol. The average Bonchev–Trinajstić information content (AvgIpc) is 2.39. The van der Waals surface area contributed by atoms with Crippen LogP contribution < -0.4 is 5.32 Å². The van der Waals surface area contributed by atoms with Gasteiger partial charge in [0.05, 0.1) is 0 Å². The molecule has 1 nitrogen and oxygen atoms in total. The van der Waals surface area contributed by atoms with Crippen LogP contribution in [-0.2, 0) is 6.42 Å². The second-order valence-corrected chi connectivity index (χ2v) is 5.91. The molecule has 0 aliphatic heterocycles. The van der Waals surface area contributed by atoms with Gasteiger partial charge < -0.3 is 5.32 Å². The van der Waals surface area contributed by atoms with Crippen LogP contribution in [0.2, 0.25) is 5.02 Å². The number of benzene rings is 2.